The minimum atomic E-state index is 0.287. The van der Waals surface area contributed by atoms with Gasteiger partial charge in [0.1, 0.15) is 0 Å². The molecule has 2 heterocycles. The fraction of sp³-hybridized carbons (Fsp3) is 0.700. The van der Waals surface area contributed by atoms with Crippen LogP contribution >= 0.6 is 0 Å². The van der Waals surface area contributed by atoms with Crippen LogP contribution in [0.2, 0.25) is 0 Å². The van der Waals surface area contributed by atoms with E-state index in [2.05, 4.69) is 37.3 Å². The molecule has 1 aromatic rings. The summed E-state index contributed by atoms with van der Waals surface area (Å²) >= 11 is 0. The molecule has 22 heavy (non-hydrogen) atoms. The summed E-state index contributed by atoms with van der Waals surface area (Å²) in [5, 5.41) is 0. The average Bonchev–Trinajstić information content (AvgIpc) is 3.46. The molecule has 2 saturated heterocycles. The van der Waals surface area contributed by atoms with Gasteiger partial charge in [0.25, 0.3) is 0 Å². The molecular weight excluding hydrogens is 272 g/mol. The van der Waals surface area contributed by atoms with Crippen LogP contribution in [0.1, 0.15) is 51.0 Å². The number of hydrogen-bond donors (Lipinski definition) is 0. The first kappa shape index (κ1) is 13.6. The molecule has 118 valence electrons. The lowest BCUT2D eigenvalue weighted by Crippen LogP contribution is -2.43. The Labute approximate surface area is 133 Å². The summed E-state index contributed by atoms with van der Waals surface area (Å²) in [5.41, 5.74) is 1.83. The van der Waals surface area contributed by atoms with Gasteiger partial charge in [-0.2, -0.15) is 0 Å². The van der Waals surface area contributed by atoms with Crippen LogP contribution in [0.25, 0.3) is 0 Å². The number of fused-ring (bicyclic) bond motifs is 2. The quantitative estimate of drug-likeness (QED) is 0.786. The Balaban J connectivity index is 1.49. The summed E-state index contributed by atoms with van der Waals surface area (Å²) in [7, 11) is 0. The molecule has 0 radical (unpaired) electrons. The Hall–Kier alpha value is -0.860. The molecular formula is C20H26O2. The van der Waals surface area contributed by atoms with E-state index in [9.17, 15) is 0 Å². The van der Waals surface area contributed by atoms with Crippen molar-refractivity contribution in [1.82, 2.24) is 0 Å². The SMILES string of the molecule is CC(c1ccccc1)(C1CCC2OC2C1)C1CCC2OC2C1. The van der Waals surface area contributed by atoms with Crippen molar-refractivity contribution in [1.29, 1.82) is 0 Å². The highest BCUT2D eigenvalue weighted by atomic mass is 16.6. The van der Waals surface area contributed by atoms with Gasteiger partial charge < -0.3 is 9.47 Å². The minimum Gasteiger partial charge on any atom is -0.370 e. The van der Waals surface area contributed by atoms with Crippen molar-refractivity contribution < 1.29 is 9.47 Å². The maximum atomic E-state index is 5.83. The van der Waals surface area contributed by atoms with E-state index in [1.807, 2.05) is 0 Å². The molecule has 2 aliphatic heterocycles. The summed E-state index contributed by atoms with van der Waals surface area (Å²) in [4.78, 5) is 0. The molecule has 0 bridgehead atoms. The van der Waals surface area contributed by atoms with Gasteiger partial charge in [0, 0.05) is 0 Å². The van der Waals surface area contributed by atoms with E-state index in [0.717, 1.165) is 11.8 Å². The molecule has 6 atom stereocenters. The number of rotatable bonds is 3. The Morgan fingerprint density at radius 1 is 0.773 bits per heavy atom. The van der Waals surface area contributed by atoms with Crippen molar-refractivity contribution >= 4 is 0 Å². The molecule has 2 saturated carbocycles. The second kappa shape index (κ2) is 4.82. The Morgan fingerprint density at radius 2 is 1.32 bits per heavy atom. The zero-order valence-electron chi connectivity index (χ0n) is 13.4. The van der Waals surface area contributed by atoms with Gasteiger partial charge in [-0.05, 0) is 61.3 Å². The maximum absolute atomic E-state index is 5.83. The fourth-order valence-electron chi connectivity index (χ4n) is 5.50. The lowest BCUT2D eigenvalue weighted by atomic mass is 9.57. The largest absolute Gasteiger partial charge is 0.370 e. The van der Waals surface area contributed by atoms with Gasteiger partial charge >= 0.3 is 0 Å². The highest BCUT2D eigenvalue weighted by Crippen LogP contribution is 2.55. The summed E-state index contributed by atoms with van der Waals surface area (Å²) in [6, 6.07) is 11.3. The highest BCUT2D eigenvalue weighted by Gasteiger charge is 2.55. The summed E-state index contributed by atoms with van der Waals surface area (Å²) in [6.45, 7) is 2.54. The monoisotopic (exact) mass is 298 g/mol. The lowest BCUT2D eigenvalue weighted by molar-refractivity contribution is 0.127. The van der Waals surface area contributed by atoms with Gasteiger partial charge in [0.15, 0.2) is 0 Å². The van der Waals surface area contributed by atoms with Crippen molar-refractivity contribution in [2.45, 2.75) is 75.3 Å². The molecule has 2 aliphatic carbocycles. The first-order valence-corrected chi connectivity index (χ1v) is 9.11. The van der Waals surface area contributed by atoms with Crippen LogP contribution in [-0.4, -0.2) is 24.4 Å². The number of hydrogen-bond acceptors (Lipinski definition) is 2. The summed E-state index contributed by atoms with van der Waals surface area (Å²) in [6.07, 6.45) is 10.1. The molecule has 0 amide bonds. The molecule has 2 heteroatoms. The van der Waals surface area contributed by atoms with Crippen molar-refractivity contribution in [3.05, 3.63) is 35.9 Å². The van der Waals surface area contributed by atoms with Crippen molar-refractivity contribution in [2.24, 2.45) is 11.8 Å². The van der Waals surface area contributed by atoms with Gasteiger partial charge in [0.2, 0.25) is 0 Å². The van der Waals surface area contributed by atoms with E-state index in [1.165, 1.54) is 38.5 Å². The maximum Gasteiger partial charge on any atom is 0.0844 e. The fourth-order valence-corrected chi connectivity index (χ4v) is 5.50. The Kier molecular flexibility index (Phi) is 2.97. The van der Waals surface area contributed by atoms with Crippen LogP contribution < -0.4 is 0 Å². The number of benzene rings is 1. The predicted octanol–water partition coefficient (Wildman–Crippen LogP) is 4.08. The smallest absolute Gasteiger partial charge is 0.0844 e. The highest BCUT2D eigenvalue weighted by molar-refractivity contribution is 5.28. The number of ether oxygens (including phenoxy) is 2. The molecule has 0 N–H and O–H groups in total. The van der Waals surface area contributed by atoms with Gasteiger partial charge in [-0.1, -0.05) is 37.3 Å². The first-order valence-electron chi connectivity index (χ1n) is 9.11. The van der Waals surface area contributed by atoms with Crippen LogP contribution in [0, 0.1) is 11.8 Å². The zero-order valence-corrected chi connectivity index (χ0v) is 13.4. The topological polar surface area (TPSA) is 25.1 Å². The molecule has 6 unspecified atom stereocenters. The molecule has 4 aliphatic rings. The van der Waals surface area contributed by atoms with Crippen LogP contribution in [0.15, 0.2) is 30.3 Å². The minimum absolute atomic E-state index is 0.287. The normalized spacial score (nSPS) is 45.3. The molecule has 1 aromatic carbocycles. The van der Waals surface area contributed by atoms with Crippen molar-refractivity contribution in [3.8, 4) is 0 Å². The lowest BCUT2D eigenvalue weighted by Gasteiger charge is -2.46. The molecule has 2 nitrogen and oxygen atoms in total. The third kappa shape index (κ3) is 2.07. The van der Waals surface area contributed by atoms with E-state index in [-0.39, 0.29) is 5.41 Å². The van der Waals surface area contributed by atoms with Crippen molar-refractivity contribution in [3.63, 3.8) is 0 Å². The van der Waals surface area contributed by atoms with Crippen molar-refractivity contribution in [2.75, 3.05) is 0 Å². The van der Waals surface area contributed by atoms with Crippen LogP contribution in [0.3, 0.4) is 0 Å². The van der Waals surface area contributed by atoms with E-state index < -0.39 is 0 Å². The molecule has 4 fully saturated rings. The van der Waals surface area contributed by atoms with E-state index >= 15 is 0 Å². The standard InChI is InChI=1S/C20H26O2/c1-20(13-5-3-2-4-6-13,14-7-9-16-18(11-14)21-16)15-8-10-17-19(12-15)22-17/h2-6,14-19H,7-12H2,1H3. The third-order valence-electron chi connectivity index (χ3n) is 7.10. The van der Waals surface area contributed by atoms with E-state index in [1.54, 1.807) is 5.56 Å². The molecule has 0 spiro atoms. The first-order chi connectivity index (χ1) is 10.7. The molecule has 0 aromatic heterocycles. The summed E-state index contributed by atoms with van der Waals surface area (Å²) < 4.78 is 11.7. The van der Waals surface area contributed by atoms with E-state index in [4.69, 9.17) is 9.47 Å². The Bertz CT molecular complexity index is 526. The van der Waals surface area contributed by atoms with Gasteiger partial charge in [-0.3, -0.25) is 0 Å². The van der Waals surface area contributed by atoms with Crippen LogP contribution in [-0.2, 0) is 14.9 Å². The second-order valence-corrected chi connectivity index (χ2v) is 8.09. The predicted molar refractivity (Wildman–Crippen MR) is 85.8 cm³/mol. The molecule has 5 rings (SSSR count). The van der Waals surface area contributed by atoms with Gasteiger partial charge in [-0.25, -0.2) is 0 Å². The average molecular weight is 298 g/mol. The second-order valence-electron chi connectivity index (χ2n) is 8.09. The zero-order chi connectivity index (χ0) is 14.7. The Morgan fingerprint density at radius 3 is 1.82 bits per heavy atom. The van der Waals surface area contributed by atoms with Gasteiger partial charge in [-0.15, -0.1) is 0 Å². The van der Waals surface area contributed by atoms with Gasteiger partial charge in [0.05, 0.1) is 24.4 Å². The summed E-state index contributed by atoms with van der Waals surface area (Å²) in [5.74, 6) is 1.53. The van der Waals surface area contributed by atoms with E-state index in [0.29, 0.717) is 24.4 Å². The van der Waals surface area contributed by atoms with Crippen LogP contribution in [0.5, 0.6) is 0 Å². The van der Waals surface area contributed by atoms with Crippen LogP contribution in [0.4, 0.5) is 0 Å². The third-order valence-corrected chi connectivity index (χ3v) is 7.10. The number of epoxide rings is 2.